The summed E-state index contributed by atoms with van der Waals surface area (Å²) in [6.07, 6.45) is 0. The topological polar surface area (TPSA) is 20.2 Å². The molecule has 0 saturated heterocycles. The summed E-state index contributed by atoms with van der Waals surface area (Å²) in [5, 5.41) is 11.4. The second kappa shape index (κ2) is 3.59. The Labute approximate surface area is 89.4 Å². The molecule has 0 atom stereocenters. The predicted molar refractivity (Wildman–Crippen MR) is 56.4 cm³/mol. The van der Waals surface area contributed by atoms with E-state index < -0.39 is 5.82 Å². The molecular weight excluding hydrogens is 223 g/mol. The molecule has 0 amide bonds. The highest BCUT2D eigenvalue weighted by Gasteiger charge is 2.10. The van der Waals surface area contributed by atoms with Crippen molar-refractivity contribution in [2.75, 3.05) is 0 Å². The first-order valence-corrected chi connectivity index (χ1v) is 5.16. The molecule has 1 nitrogen and oxygen atoms in total. The second-order valence-corrected chi connectivity index (χ2v) is 4.09. The van der Waals surface area contributed by atoms with Gasteiger partial charge in [-0.25, -0.2) is 4.39 Å². The van der Waals surface area contributed by atoms with Crippen molar-refractivity contribution in [2.45, 2.75) is 0 Å². The fourth-order valence-corrected chi connectivity index (χ4v) is 2.36. The molecular formula is C10H6ClFOS. The van der Waals surface area contributed by atoms with Gasteiger partial charge < -0.3 is 5.11 Å². The van der Waals surface area contributed by atoms with Crippen LogP contribution in [0.3, 0.4) is 0 Å². The highest BCUT2D eigenvalue weighted by Crippen LogP contribution is 2.35. The molecule has 2 rings (SSSR count). The first-order valence-electron chi connectivity index (χ1n) is 3.90. The Hall–Kier alpha value is -1.06. The Morgan fingerprint density at radius 2 is 2.07 bits per heavy atom. The van der Waals surface area contributed by atoms with E-state index in [2.05, 4.69) is 0 Å². The van der Waals surface area contributed by atoms with Gasteiger partial charge in [0.2, 0.25) is 0 Å². The molecule has 0 saturated carbocycles. The number of hydrogen-bond donors (Lipinski definition) is 1. The summed E-state index contributed by atoms with van der Waals surface area (Å²) in [6.45, 7) is 0. The maximum Gasteiger partial charge on any atom is 0.135 e. The van der Waals surface area contributed by atoms with Gasteiger partial charge in [-0.15, -0.1) is 11.3 Å². The molecule has 14 heavy (non-hydrogen) atoms. The number of rotatable bonds is 1. The Morgan fingerprint density at radius 3 is 2.64 bits per heavy atom. The quantitative estimate of drug-likeness (QED) is 0.785. The van der Waals surface area contributed by atoms with Crippen molar-refractivity contribution >= 4 is 22.9 Å². The zero-order valence-electron chi connectivity index (χ0n) is 7.00. The smallest absolute Gasteiger partial charge is 0.135 e. The average molecular weight is 229 g/mol. The Morgan fingerprint density at radius 1 is 1.29 bits per heavy atom. The molecule has 72 valence electrons. The lowest BCUT2D eigenvalue weighted by Gasteiger charge is -2.01. The number of phenols is 1. The van der Waals surface area contributed by atoms with Crippen LogP contribution in [0.5, 0.6) is 5.75 Å². The lowest BCUT2D eigenvalue weighted by atomic mass is 10.1. The number of thiophene rings is 1. The minimum absolute atomic E-state index is 0.0843. The summed E-state index contributed by atoms with van der Waals surface area (Å²) in [4.78, 5) is 0.684. The number of aromatic hydroxyl groups is 1. The van der Waals surface area contributed by atoms with E-state index in [9.17, 15) is 4.39 Å². The van der Waals surface area contributed by atoms with E-state index in [1.165, 1.54) is 23.5 Å². The first-order chi connectivity index (χ1) is 6.68. The SMILES string of the molecule is Oc1ccc(-c2sccc2Cl)c(F)c1. The van der Waals surface area contributed by atoms with Gasteiger partial charge in [0.05, 0.1) is 9.90 Å². The van der Waals surface area contributed by atoms with E-state index >= 15 is 0 Å². The molecule has 0 unspecified atom stereocenters. The molecule has 1 aromatic heterocycles. The van der Waals surface area contributed by atoms with Crippen LogP contribution in [0.4, 0.5) is 4.39 Å². The molecule has 0 bridgehead atoms. The second-order valence-electron chi connectivity index (χ2n) is 2.76. The van der Waals surface area contributed by atoms with E-state index in [1.807, 2.05) is 0 Å². The molecule has 1 aromatic carbocycles. The van der Waals surface area contributed by atoms with E-state index in [0.717, 1.165) is 6.07 Å². The van der Waals surface area contributed by atoms with Gasteiger partial charge in [-0.2, -0.15) is 0 Å². The van der Waals surface area contributed by atoms with Gasteiger partial charge in [-0.3, -0.25) is 0 Å². The fraction of sp³-hybridized carbons (Fsp3) is 0. The van der Waals surface area contributed by atoms with Crippen LogP contribution >= 0.6 is 22.9 Å². The van der Waals surface area contributed by atoms with Crippen LogP contribution in [0.1, 0.15) is 0 Å². The largest absolute Gasteiger partial charge is 0.508 e. The highest BCUT2D eigenvalue weighted by molar-refractivity contribution is 7.14. The van der Waals surface area contributed by atoms with Gasteiger partial charge in [-0.05, 0) is 23.6 Å². The van der Waals surface area contributed by atoms with Crippen molar-refractivity contribution < 1.29 is 9.50 Å². The maximum atomic E-state index is 13.4. The van der Waals surface area contributed by atoms with Crippen LogP contribution in [0.2, 0.25) is 5.02 Å². The summed E-state index contributed by atoms with van der Waals surface area (Å²) in [5.74, 6) is -0.548. The van der Waals surface area contributed by atoms with E-state index in [1.54, 1.807) is 11.4 Å². The van der Waals surface area contributed by atoms with Crippen LogP contribution in [0, 0.1) is 5.82 Å². The third-order valence-corrected chi connectivity index (χ3v) is 3.19. The van der Waals surface area contributed by atoms with Crippen molar-refractivity contribution in [1.82, 2.24) is 0 Å². The van der Waals surface area contributed by atoms with Crippen molar-refractivity contribution in [2.24, 2.45) is 0 Å². The Kier molecular flexibility index (Phi) is 2.44. The number of hydrogen-bond acceptors (Lipinski definition) is 2. The molecule has 2 aromatic rings. The minimum Gasteiger partial charge on any atom is -0.508 e. The molecule has 0 aliphatic heterocycles. The van der Waals surface area contributed by atoms with E-state index in [4.69, 9.17) is 16.7 Å². The standard InChI is InChI=1S/C10H6ClFOS/c11-8-3-4-14-10(8)7-2-1-6(13)5-9(7)12/h1-5,13H. The summed E-state index contributed by atoms with van der Waals surface area (Å²) < 4.78 is 13.4. The van der Waals surface area contributed by atoms with Gasteiger partial charge in [0.15, 0.2) is 0 Å². The lowest BCUT2D eigenvalue weighted by molar-refractivity contribution is 0.469. The average Bonchev–Trinajstić information content (AvgIpc) is 2.52. The van der Waals surface area contributed by atoms with Crippen LogP contribution in [-0.4, -0.2) is 5.11 Å². The van der Waals surface area contributed by atoms with Gasteiger partial charge >= 0.3 is 0 Å². The van der Waals surface area contributed by atoms with Crippen molar-refractivity contribution in [3.63, 3.8) is 0 Å². The van der Waals surface area contributed by atoms with Crippen molar-refractivity contribution in [1.29, 1.82) is 0 Å². The van der Waals surface area contributed by atoms with E-state index in [0.29, 0.717) is 15.5 Å². The van der Waals surface area contributed by atoms with Gasteiger partial charge in [0.25, 0.3) is 0 Å². The van der Waals surface area contributed by atoms with Crippen molar-refractivity contribution in [3.05, 3.63) is 40.5 Å². The van der Waals surface area contributed by atoms with Gasteiger partial charge in [0, 0.05) is 11.6 Å². The zero-order chi connectivity index (χ0) is 10.1. The molecule has 1 heterocycles. The summed E-state index contributed by atoms with van der Waals surface area (Å²) >= 11 is 7.24. The summed E-state index contributed by atoms with van der Waals surface area (Å²) in [7, 11) is 0. The third kappa shape index (κ3) is 1.61. The van der Waals surface area contributed by atoms with Crippen LogP contribution in [0.25, 0.3) is 10.4 Å². The molecule has 0 aliphatic rings. The Bertz CT molecular complexity index is 467. The molecule has 0 radical (unpaired) electrons. The predicted octanol–water partition coefficient (Wildman–Crippen LogP) is 3.91. The molecule has 0 fully saturated rings. The van der Waals surface area contributed by atoms with Crippen LogP contribution in [0.15, 0.2) is 29.6 Å². The molecule has 0 spiro atoms. The lowest BCUT2D eigenvalue weighted by Crippen LogP contribution is -1.80. The normalized spacial score (nSPS) is 10.4. The number of phenolic OH excluding ortho intramolecular Hbond substituents is 1. The van der Waals surface area contributed by atoms with Crippen molar-refractivity contribution in [3.8, 4) is 16.2 Å². The maximum absolute atomic E-state index is 13.4. The van der Waals surface area contributed by atoms with Gasteiger partial charge in [-0.1, -0.05) is 11.6 Å². The third-order valence-electron chi connectivity index (χ3n) is 1.81. The molecule has 0 aliphatic carbocycles. The Balaban J connectivity index is 2.58. The minimum atomic E-state index is -0.464. The van der Waals surface area contributed by atoms with Crippen LogP contribution < -0.4 is 0 Å². The molecule has 4 heteroatoms. The van der Waals surface area contributed by atoms with Gasteiger partial charge in [0.1, 0.15) is 11.6 Å². The summed E-state index contributed by atoms with van der Waals surface area (Å²) in [5.41, 5.74) is 0.419. The monoisotopic (exact) mass is 228 g/mol. The van der Waals surface area contributed by atoms with E-state index in [-0.39, 0.29) is 5.75 Å². The fourth-order valence-electron chi connectivity index (χ4n) is 1.17. The first kappa shape index (κ1) is 9.49. The number of halogens is 2. The highest BCUT2D eigenvalue weighted by atomic mass is 35.5. The zero-order valence-corrected chi connectivity index (χ0v) is 8.57. The summed E-state index contributed by atoms with van der Waals surface area (Å²) in [6, 6.07) is 5.75. The molecule has 1 N–H and O–H groups in total. The number of benzene rings is 1. The van der Waals surface area contributed by atoms with Crippen LogP contribution in [-0.2, 0) is 0 Å².